The van der Waals surface area contributed by atoms with Gasteiger partial charge in [0.25, 0.3) is 0 Å². The van der Waals surface area contributed by atoms with E-state index in [0.29, 0.717) is 12.1 Å². The lowest BCUT2D eigenvalue weighted by Gasteiger charge is -2.38. The van der Waals surface area contributed by atoms with E-state index in [1.165, 1.54) is 58.4 Å². The number of hydrogen-bond donors (Lipinski definition) is 1. The van der Waals surface area contributed by atoms with Crippen LogP contribution in [0.25, 0.3) is 0 Å². The Hall–Kier alpha value is -0.120. The smallest absolute Gasteiger partial charge is 0.0197 e. The number of rotatable bonds is 9. The van der Waals surface area contributed by atoms with E-state index in [4.69, 9.17) is 0 Å². The van der Waals surface area contributed by atoms with Crippen molar-refractivity contribution in [2.24, 2.45) is 0 Å². The van der Waals surface area contributed by atoms with Crippen molar-refractivity contribution in [2.45, 2.75) is 78.4 Å². The van der Waals surface area contributed by atoms with E-state index in [9.17, 15) is 0 Å². The van der Waals surface area contributed by atoms with E-state index in [1.54, 1.807) is 0 Å². The van der Waals surface area contributed by atoms with Crippen LogP contribution >= 0.6 is 0 Å². The molecule has 0 aromatic rings. The molecule has 1 aliphatic heterocycles. The maximum absolute atomic E-state index is 3.71. The highest BCUT2D eigenvalue weighted by molar-refractivity contribution is 4.82. The second kappa shape index (κ2) is 9.75. The lowest BCUT2D eigenvalue weighted by molar-refractivity contribution is 0.132. The fourth-order valence-electron chi connectivity index (χ4n) is 3.35. The lowest BCUT2D eigenvalue weighted by Crippen LogP contribution is -2.50. The summed E-state index contributed by atoms with van der Waals surface area (Å²) < 4.78 is 0. The number of nitrogens with zero attached hydrogens (tertiary/aromatic N) is 2. The zero-order chi connectivity index (χ0) is 15.0. The molecule has 1 N–H and O–H groups in total. The lowest BCUT2D eigenvalue weighted by atomic mass is 10.0. The van der Waals surface area contributed by atoms with Gasteiger partial charge >= 0.3 is 0 Å². The summed E-state index contributed by atoms with van der Waals surface area (Å²) in [6.45, 7) is 17.6. The molecule has 120 valence electrons. The largest absolute Gasteiger partial charge is 0.311 e. The molecule has 2 unspecified atom stereocenters. The Morgan fingerprint density at radius 3 is 2.50 bits per heavy atom. The first kappa shape index (κ1) is 17.9. The van der Waals surface area contributed by atoms with Crippen molar-refractivity contribution in [1.82, 2.24) is 15.1 Å². The van der Waals surface area contributed by atoms with Gasteiger partial charge in [0.05, 0.1) is 0 Å². The molecule has 3 nitrogen and oxygen atoms in total. The average Bonchev–Trinajstić information content (AvgIpc) is 2.43. The molecule has 0 radical (unpaired) electrons. The van der Waals surface area contributed by atoms with E-state index in [-0.39, 0.29) is 0 Å². The molecule has 0 bridgehead atoms. The molecule has 1 fully saturated rings. The summed E-state index contributed by atoms with van der Waals surface area (Å²) in [6, 6.07) is 2.05. The zero-order valence-corrected chi connectivity index (χ0v) is 14.5. The predicted molar refractivity (Wildman–Crippen MR) is 89.4 cm³/mol. The molecule has 1 rings (SSSR count). The molecule has 0 saturated carbocycles. The first-order valence-corrected chi connectivity index (χ1v) is 8.79. The van der Waals surface area contributed by atoms with Gasteiger partial charge in [0.1, 0.15) is 0 Å². The molecule has 20 heavy (non-hydrogen) atoms. The number of piperidine rings is 1. The van der Waals surface area contributed by atoms with Crippen LogP contribution in [-0.2, 0) is 0 Å². The highest BCUT2D eigenvalue weighted by Gasteiger charge is 2.23. The predicted octanol–water partition coefficient (Wildman–Crippen LogP) is 2.96. The zero-order valence-electron chi connectivity index (χ0n) is 14.5. The average molecular weight is 284 g/mol. The fourth-order valence-corrected chi connectivity index (χ4v) is 3.35. The topological polar surface area (TPSA) is 18.5 Å². The molecule has 0 aliphatic carbocycles. The van der Waals surface area contributed by atoms with Crippen LogP contribution in [0.15, 0.2) is 0 Å². The third-order valence-electron chi connectivity index (χ3n) is 4.64. The van der Waals surface area contributed by atoms with E-state index >= 15 is 0 Å². The Labute approximate surface area is 127 Å². The monoisotopic (exact) mass is 283 g/mol. The first-order chi connectivity index (χ1) is 9.56. The van der Waals surface area contributed by atoms with Crippen molar-refractivity contribution in [1.29, 1.82) is 0 Å². The van der Waals surface area contributed by atoms with Gasteiger partial charge in [-0.05, 0) is 58.8 Å². The van der Waals surface area contributed by atoms with Gasteiger partial charge < -0.3 is 10.2 Å². The normalized spacial score (nSPS) is 22.6. The van der Waals surface area contributed by atoms with Gasteiger partial charge in [-0.2, -0.15) is 0 Å². The Morgan fingerprint density at radius 1 is 1.20 bits per heavy atom. The Kier molecular flexibility index (Phi) is 8.74. The van der Waals surface area contributed by atoms with Crippen LogP contribution in [0.2, 0.25) is 0 Å². The molecular weight excluding hydrogens is 246 g/mol. The molecule has 0 amide bonds. The van der Waals surface area contributed by atoms with Crippen LogP contribution in [0.5, 0.6) is 0 Å². The summed E-state index contributed by atoms with van der Waals surface area (Å²) >= 11 is 0. The second-order valence-electron chi connectivity index (χ2n) is 6.67. The highest BCUT2D eigenvalue weighted by atomic mass is 15.2. The maximum Gasteiger partial charge on any atom is 0.0197 e. The van der Waals surface area contributed by atoms with Gasteiger partial charge in [0.15, 0.2) is 0 Å². The van der Waals surface area contributed by atoms with Crippen molar-refractivity contribution in [2.75, 3.05) is 32.7 Å². The minimum absolute atomic E-state index is 0.609. The minimum Gasteiger partial charge on any atom is -0.311 e. The second-order valence-corrected chi connectivity index (χ2v) is 6.67. The quantitative estimate of drug-likeness (QED) is 0.702. The summed E-state index contributed by atoms with van der Waals surface area (Å²) in [5.41, 5.74) is 0. The van der Waals surface area contributed by atoms with E-state index < -0.39 is 0 Å². The van der Waals surface area contributed by atoms with Crippen molar-refractivity contribution in [3.8, 4) is 0 Å². The van der Waals surface area contributed by atoms with Gasteiger partial charge in [-0.25, -0.2) is 0 Å². The van der Waals surface area contributed by atoms with Gasteiger partial charge in [0.2, 0.25) is 0 Å². The summed E-state index contributed by atoms with van der Waals surface area (Å²) in [4.78, 5) is 5.23. The van der Waals surface area contributed by atoms with Gasteiger partial charge in [-0.1, -0.05) is 27.7 Å². The van der Waals surface area contributed by atoms with Crippen LogP contribution in [-0.4, -0.2) is 60.6 Å². The Morgan fingerprint density at radius 2 is 1.90 bits per heavy atom. The van der Waals surface area contributed by atoms with Crippen LogP contribution in [0.3, 0.4) is 0 Å². The van der Waals surface area contributed by atoms with Crippen molar-refractivity contribution < 1.29 is 0 Å². The molecule has 2 atom stereocenters. The van der Waals surface area contributed by atoms with Crippen molar-refractivity contribution >= 4 is 0 Å². The van der Waals surface area contributed by atoms with E-state index in [2.05, 4.69) is 49.7 Å². The first-order valence-electron chi connectivity index (χ1n) is 8.79. The SMILES string of the molecule is CCN(CC)CCCC(C)N1CCCC(NC(C)C)C1. The van der Waals surface area contributed by atoms with Crippen LogP contribution in [0, 0.1) is 0 Å². The van der Waals surface area contributed by atoms with Crippen molar-refractivity contribution in [3.63, 3.8) is 0 Å². The standard InChI is InChI=1S/C17H37N3/c1-6-19(7-2)12-8-10-16(5)20-13-9-11-17(14-20)18-15(3)4/h15-18H,6-14H2,1-5H3. The number of nitrogens with one attached hydrogen (secondary N) is 1. The van der Waals surface area contributed by atoms with Gasteiger partial charge in [-0.15, -0.1) is 0 Å². The third-order valence-corrected chi connectivity index (χ3v) is 4.64. The fraction of sp³-hybridized carbons (Fsp3) is 1.00. The Bertz CT molecular complexity index is 238. The molecule has 1 saturated heterocycles. The van der Waals surface area contributed by atoms with Gasteiger partial charge in [-0.3, -0.25) is 4.90 Å². The number of likely N-dealkylation sites (tertiary alicyclic amines) is 1. The molecule has 0 spiro atoms. The maximum atomic E-state index is 3.71. The number of hydrogen-bond acceptors (Lipinski definition) is 3. The molecule has 0 aromatic heterocycles. The van der Waals surface area contributed by atoms with E-state index in [0.717, 1.165) is 6.04 Å². The minimum atomic E-state index is 0.609. The summed E-state index contributed by atoms with van der Waals surface area (Å²) in [5.74, 6) is 0. The third kappa shape index (κ3) is 6.55. The molecular formula is C17H37N3. The summed E-state index contributed by atoms with van der Waals surface area (Å²) in [7, 11) is 0. The molecule has 0 aromatic carbocycles. The van der Waals surface area contributed by atoms with Crippen molar-refractivity contribution in [3.05, 3.63) is 0 Å². The van der Waals surface area contributed by atoms with Crippen LogP contribution < -0.4 is 5.32 Å². The highest BCUT2D eigenvalue weighted by Crippen LogP contribution is 2.16. The Balaban J connectivity index is 2.26. The van der Waals surface area contributed by atoms with Crippen LogP contribution in [0.1, 0.15) is 60.3 Å². The molecule has 3 heteroatoms. The summed E-state index contributed by atoms with van der Waals surface area (Å²) in [5, 5.41) is 3.71. The van der Waals surface area contributed by atoms with Gasteiger partial charge in [0, 0.05) is 24.7 Å². The summed E-state index contributed by atoms with van der Waals surface area (Å²) in [6.07, 6.45) is 5.37. The van der Waals surface area contributed by atoms with E-state index in [1.807, 2.05) is 0 Å². The molecule has 1 heterocycles. The molecule has 1 aliphatic rings. The van der Waals surface area contributed by atoms with Crippen LogP contribution in [0.4, 0.5) is 0 Å².